The Bertz CT molecular complexity index is 343. The van der Waals surface area contributed by atoms with Crippen molar-refractivity contribution >= 4 is 29.8 Å². The van der Waals surface area contributed by atoms with Crippen LogP contribution >= 0.6 is 11.8 Å². The van der Waals surface area contributed by atoms with Crippen molar-refractivity contribution < 1.29 is 29.3 Å². The molecule has 1 amide bonds. The molecule has 0 aliphatic rings. The molecule has 0 bridgehead atoms. The predicted octanol–water partition coefficient (Wildman–Crippen LogP) is 0.747. The van der Waals surface area contributed by atoms with Crippen LogP contribution in [-0.2, 0) is 14.3 Å². The van der Waals surface area contributed by atoms with Gasteiger partial charge in [-0.25, -0.2) is 4.79 Å². The molecule has 0 rings (SSSR count). The topological polar surface area (TPSA) is 139 Å². The van der Waals surface area contributed by atoms with Gasteiger partial charge in [0.15, 0.2) is 0 Å². The fourth-order valence-corrected chi connectivity index (χ4v) is 1.32. The number of thioether (sulfide) groups is 1. The lowest BCUT2D eigenvalue weighted by Gasteiger charge is -2.19. The number of hydrogen-bond donors (Lipinski definition) is 4. The lowest BCUT2D eigenvalue weighted by atomic mass is 10.2. The van der Waals surface area contributed by atoms with E-state index >= 15 is 0 Å². The van der Waals surface area contributed by atoms with Crippen LogP contribution in [0.25, 0.3) is 0 Å². The molecule has 5 N–H and O–H groups in total. The summed E-state index contributed by atoms with van der Waals surface area (Å²) in [6.45, 7) is 4.68. The van der Waals surface area contributed by atoms with E-state index in [-0.39, 0.29) is 0 Å². The number of rotatable bonds is 6. The van der Waals surface area contributed by atoms with Crippen LogP contribution in [-0.4, -0.2) is 58.4 Å². The van der Waals surface area contributed by atoms with Gasteiger partial charge in [0.2, 0.25) is 0 Å². The number of alkyl carbamates (subject to hydrolysis) is 1. The molecule has 0 spiro atoms. The summed E-state index contributed by atoms with van der Waals surface area (Å²) >= 11 is 1.60. The van der Waals surface area contributed by atoms with Gasteiger partial charge in [0.1, 0.15) is 18.2 Å². The number of carboxylic acid groups (broad SMARTS) is 2. The van der Waals surface area contributed by atoms with Gasteiger partial charge in [0, 0.05) is 0 Å². The Balaban J connectivity index is 0. The van der Waals surface area contributed by atoms with E-state index in [2.05, 4.69) is 5.32 Å². The number of nitrogens with two attached hydrogens (primary N) is 1. The summed E-state index contributed by atoms with van der Waals surface area (Å²) < 4.78 is 4.77. The maximum absolute atomic E-state index is 10.8. The van der Waals surface area contributed by atoms with Gasteiger partial charge in [-0.3, -0.25) is 9.59 Å². The maximum atomic E-state index is 10.8. The highest BCUT2D eigenvalue weighted by molar-refractivity contribution is 7.98. The van der Waals surface area contributed by atoms with Crippen molar-refractivity contribution in [3.63, 3.8) is 0 Å². The summed E-state index contributed by atoms with van der Waals surface area (Å²) in [7, 11) is 0. The Labute approximate surface area is 128 Å². The molecule has 0 aromatic rings. The normalized spacial score (nSPS) is 11.7. The summed E-state index contributed by atoms with van der Waals surface area (Å²) in [6, 6.07) is -0.683. The monoisotopic (exact) mass is 324 g/mol. The maximum Gasteiger partial charge on any atom is 0.408 e. The zero-order chi connectivity index (χ0) is 17.1. The Morgan fingerprint density at radius 2 is 1.81 bits per heavy atom. The molecule has 0 heterocycles. The molecule has 8 nitrogen and oxygen atoms in total. The third-order valence-corrected chi connectivity index (χ3v) is 2.38. The second-order valence-corrected chi connectivity index (χ2v) is 5.96. The summed E-state index contributed by atoms with van der Waals surface area (Å²) in [5.41, 5.74) is 4.60. The molecule has 0 aromatic carbocycles. The molecule has 0 aromatic heterocycles. The van der Waals surface area contributed by atoms with Crippen LogP contribution in [0.15, 0.2) is 0 Å². The van der Waals surface area contributed by atoms with Crippen molar-refractivity contribution in [2.45, 2.75) is 38.8 Å². The van der Waals surface area contributed by atoms with Crippen molar-refractivity contribution in [1.82, 2.24) is 5.32 Å². The predicted molar refractivity (Wildman–Crippen MR) is 80.5 cm³/mol. The zero-order valence-corrected chi connectivity index (χ0v) is 13.5. The lowest BCUT2D eigenvalue weighted by Crippen LogP contribution is -2.35. The summed E-state index contributed by atoms with van der Waals surface area (Å²) in [4.78, 5) is 30.8. The number of carbonyl (C=O) groups excluding carboxylic acids is 1. The zero-order valence-electron chi connectivity index (χ0n) is 12.7. The van der Waals surface area contributed by atoms with Crippen LogP contribution in [0.3, 0.4) is 0 Å². The van der Waals surface area contributed by atoms with E-state index in [9.17, 15) is 14.4 Å². The highest BCUT2D eigenvalue weighted by Crippen LogP contribution is 2.05. The van der Waals surface area contributed by atoms with E-state index in [0.717, 1.165) is 5.75 Å². The van der Waals surface area contributed by atoms with Gasteiger partial charge >= 0.3 is 18.0 Å². The van der Waals surface area contributed by atoms with Crippen molar-refractivity contribution in [1.29, 1.82) is 0 Å². The molecule has 21 heavy (non-hydrogen) atoms. The van der Waals surface area contributed by atoms with Gasteiger partial charge in [0.25, 0.3) is 0 Å². The number of carbonyl (C=O) groups is 3. The number of aliphatic carboxylic acids is 2. The van der Waals surface area contributed by atoms with E-state index < -0.39 is 36.2 Å². The molecule has 0 aliphatic heterocycles. The first-order valence-electron chi connectivity index (χ1n) is 6.15. The SMILES string of the molecule is CC(C)(C)OC(=O)NCC(=O)O.CSCC[C@H](N)C(=O)O. The van der Waals surface area contributed by atoms with Gasteiger partial charge < -0.3 is 26.0 Å². The molecule has 1 atom stereocenters. The Morgan fingerprint density at radius 3 is 2.14 bits per heavy atom. The largest absolute Gasteiger partial charge is 0.480 e. The van der Waals surface area contributed by atoms with Crippen LogP contribution in [0.5, 0.6) is 0 Å². The van der Waals surface area contributed by atoms with Gasteiger partial charge in [-0.15, -0.1) is 0 Å². The van der Waals surface area contributed by atoms with Gasteiger partial charge in [-0.2, -0.15) is 11.8 Å². The smallest absolute Gasteiger partial charge is 0.408 e. The quantitative estimate of drug-likeness (QED) is 0.561. The van der Waals surface area contributed by atoms with E-state index in [1.54, 1.807) is 32.5 Å². The van der Waals surface area contributed by atoms with Crippen LogP contribution in [0.4, 0.5) is 4.79 Å². The average molecular weight is 324 g/mol. The molecular weight excluding hydrogens is 300 g/mol. The molecule has 0 radical (unpaired) electrons. The van der Waals surface area contributed by atoms with Gasteiger partial charge in [-0.05, 0) is 39.2 Å². The Kier molecular flexibility index (Phi) is 11.6. The minimum absolute atomic E-state index is 0.422. The van der Waals surface area contributed by atoms with E-state index in [4.69, 9.17) is 20.7 Å². The fourth-order valence-electron chi connectivity index (χ4n) is 0.830. The van der Waals surface area contributed by atoms with Crippen LogP contribution in [0.1, 0.15) is 27.2 Å². The van der Waals surface area contributed by atoms with Crippen LogP contribution in [0.2, 0.25) is 0 Å². The molecule has 0 aliphatic carbocycles. The molecular formula is C12H24N2O6S. The summed E-state index contributed by atoms with van der Waals surface area (Å²) in [5, 5.41) is 18.5. The van der Waals surface area contributed by atoms with Crippen molar-refractivity contribution in [3.8, 4) is 0 Å². The Morgan fingerprint density at radius 1 is 1.29 bits per heavy atom. The number of amides is 1. The first-order valence-corrected chi connectivity index (χ1v) is 7.55. The first-order chi connectivity index (χ1) is 9.49. The van der Waals surface area contributed by atoms with E-state index in [1.165, 1.54) is 0 Å². The highest BCUT2D eigenvalue weighted by Gasteiger charge is 2.16. The highest BCUT2D eigenvalue weighted by atomic mass is 32.2. The second-order valence-electron chi connectivity index (χ2n) is 4.98. The first kappa shape index (κ1) is 21.8. The van der Waals surface area contributed by atoms with Crippen LogP contribution in [0, 0.1) is 0 Å². The molecule has 0 fully saturated rings. The van der Waals surface area contributed by atoms with Gasteiger partial charge in [0.05, 0.1) is 0 Å². The number of nitrogens with one attached hydrogen (secondary N) is 1. The molecule has 0 unspecified atom stereocenters. The van der Waals surface area contributed by atoms with Crippen molar-refractivity contribution in [2.75, 3.05) is 18.6 Å². The number of ether oxygens (including phenoxy) is 1. The molecule has 124 valence electrons. The fraction of sp³-hybridized carbons (Fsp3) is 0.750. The van der Waals surface area contributed by atoms with E-state index in [0.29, 0.717) is 6.42 Å². The van der Waals surface area contributed by atoms with Gasteiger partial charge in [-0.1, -0.05) is 0 Å². The third kappa shape index (κ3) is 18.5. The van der Waals surface area contributed by atoms with Crippen molar-refractivity contribution in [3.05, 3.63) is 0 Å². The van der Waals surface area contributed by atoms with Crippen LogP contribution < -0.4 is 11.1 Å². The second kappa shape index (κ2) is 11.2. The molecule has 0 saturated heterocycles. The minimum Gasteiger partial charge on any atom is -0.480 e. The molecule has 0 saturated carbocycles. The molecule has 9 heteroatoms. The van der Waals surface area contributed by atoms with E-state index in [1.807, 2.05) is 6.26 Å². The standard InChI is InChI=1S/C7H13NO4.C5H11NO2S/c1-7(2,3)12-6(11)8-4-5(9)10;1-9-3-2-4(6)5(7)8/h4H2,1-3H3,(H,8,11)(H,9,10);4H,2-3,6H2,1H3,(H,7,8)/t;4-/m.0/s1. The summed E-state index contributed by atoms with van der Waals surface area (Å²) in [6.07, 6.45) is 1.76. The summed E-state index contributed by atoms with van der Waals surface area (Å²) in [5.74, 6) is -1.20. The third-order valence-electron chi connectivity index (χ3n) is 1.73. The number of carboxylic acids is 2. The number of hydrogen-bond acceptors (Lipinski definition) is 6. The minimum atomic E-state index is -1.10. The lowest BCUT2D eigenvalue weighted by molar-refractivity contribution is -0.138. The van der Waals surface area contributed by atoms with Crippen molar-refractivity contribution in [2.24, 2.45) is 5.73 Å². The average Bonchev–Trinajstić information content (AvgIpc) is 2.32. The Hall–Kier alpha value is -1.48.